The number of aromatic nitrogens is 1. The Labute approximate surface area is 151 Å². The molecule has 0 saturated heterocycles. The van der Waals surface area contributed by atoms with Crippen LogP contribution in [-0.4, -0.2) is 4.98 Å². The quantitative estimate of drug-likeness (QED) is 0.270. The molecule has 0 bridgehead atoms. The third-order valence-corrected chi connectivity index (χ3v) is 5.10. The Kier molecular flexibility index (Phi) is 6.27. The Morgan fingerprint density at radius 3 is 2.36 bits per heavy atom. The monoisotopic (exact) mass is 334 g/mol. The van der Waals surface area contributed by atoms with Gasteiger partial charge >= 0.3 is 0 Å². The van der Waals surface area contributed by atoms with Gasteiger partial charge in [-0.1, -0.05) is 76.1 Å². The molecule has 0 spiro atoms. The fourth-order valence-corrected chi connectivity index (χ4v) is 3.59. The van der Waals surface area contributed by atoms with E-state index in [1.807, 2.05) is 12.1 Å². The summed E-state index contributed by atoms with van der Waals surface area (Å²) in [5.74, 6) is 0. The molecule has 0 aliphatic rings. The topological polar surface area (TPSA) is 38.9 Å². The number of fused-ring (bicyclic) bond motifs is 2. The molecule has 0 aliphatic carbocycles. The molecular weight excluding hydrogens is 304 g/mol. The first-order chi connectivity index (χ1) is 12.3. The predicted octanol–water partition coefficient (Wildman–Crippen LogP) is 6.65. The maximum Gasteiger partial charge on any atom is 0.0762 e. The van der Waals surface area contributed by atoms with Crippen LogP contribution in [0.5, 0.6) is 0 Å². The highest BCUT2D eigenvalue weighted by atomic mass is 14.7. The van der Waals surface area contributed by atoms with E-state index in [0.29, 0.717) is 0 Å². The summed E-state index contributed by atoms with van der Waals surface area (Å²) in [4.78, 5) is 4.91. The lowest BCUT2D eigenvalue weighted by molar-refractivity contribution is 0.576. The standard InChI is InChI=1S/C23H30N2/c1-2-3-4-5-6-7-8-9-12-18-15-16-21(24)20-17-19-13-10-11-14-22(19)25-23(18)20/h10-11,13-17H,2-9,12,24H2,1H3. The Morgan fingerprint density at radius 2 is 1.56 bits per heavy atom. The van der Waals surface area contributed by atoms with Gasteiger partial charge in [0.1, 0.15) is 0 Å². The van der Waals surface area contributed by atoms with Gasteiger partial charge in [0.05, 0.1) is 11.0 Å². The molecule has 3 aromatic rings. The molecule has 3 rings (SSSR count). The fourth-order valence-electron chi connectivity index (χ4n) is 3.59. The third kappa shape index (κ3) is 4.50. The predicted molar refractivity (Wildman–Crippen MR) is 110 cm³/mol. The van der Waals surface area contributed by atoms with E-state index in [9.17, 15) is 0 Å². The number of benzene rings is 2. The van der Waals surface area contributed by atoms with Gasteiger partial charge < -0.3 is 5.73 Å². The lowest BCUT2D eigenvalue weighted by Gasteiger charge is -2.10. The fraction of sp³-hybridized carbons (Fsp3) is 0.435. The van der Waals surface area contributed by atoms with Crippen molar-refractivity contribution in [1.82, 2.24) is 4.98 Å². The van der Waals surface area contributed by atoms with Crippen LogP contribution in [0, 0.1) is 0 Å². The van der Waals surface area contributed by atoms with E-state index >= 15 is 0 Å². The summed E-state index contributed by atoms with van der Waals surface area (Å²) >= 11 is 0. The third-order valence-electron chi connectivity index (χ3n) is 5.10. The number of hydrogen-bond donors (Lipinski definition) is 1. The second-order valence-electron chi connectivity index (χ2n) is 7.12. The van der Waals surface area contributed by atoms with Crippen LogP contribution in [-0.2, 0) is 6.42 Å². The molecule has 2 aromatic carbocycles. The molecule has 1 heterocycles. The number of nitrogen functional groups attached to an aromatic ring is 1. The van der Waals surface area contributed by atoms with Crippen LogP contribution < -0.4 is 5.73 Å². The van der Waals surface area contributed by atoms with Crippen LogP contribution in [0.4, 0.5) is 5.69 Å². The molecule has 0 unspecified atom stereocenters. The Balaban J connectivity index is 1.65. The first kappa shape index (κ1) is 17.7. The molecule has 25 heavy (non-hydrogen) atoms. The Hall–Kier alpha value is -2.09. The highest BCUT2D eigenvalue weighted by Crippen LogP contribution is 2.28. The van der Waals surface area contributed by atoms with E-state index in [0.717, 1.165) is 33.9 Å². The van der Waals surface area contributed by atoms with Gasteiger partial charge in [-0.15, -0.1) is 0 Å². The lowest BCUT2D eigenvalue weighted by atomic mass is 10.00. The molecule has 2 N–H and O–H groups in total. The highest BCUT2D eigenvalue weighted by molar-refractivity contribution is 6.00. The van der Waals surface area contributed by atoms with Crippen LogP contribution in [0.3, 0.4) is 0 Å². The van der Waals surface area contributed by atoms with Crippen molar-refractivity contribution < 1.29 is 0 Å². The van der Waals surface area contributed by atoms with Gasteiger partial charge in [0.15, 0.2) is 0 Å². The summed E-state index contributed by atoms with van der Waals surface area (Å²) in [7, 11) is 0. The molecule has 0 fully saturated rings. The van der Waals surface area contributed by atoms with E-state index in [1.54, 1.807) is 0 Å². The number of hydrogen-bond acceptors (Lipinski definition) is 2. The SMILES string of the molecule is CCCCCCCCCCc1ccc(N)c2cc3ccccc3nc12. The molecule has 0 atom stereocenters. The number of nitrogens with two attached hydrogens (primary N) is 1. The molecule has 0 saturated carbocycles. The summed E-state index contributed by atoms with van der Waals surface area (Å²) in [5.41, 5.74) is 10.5. The van der Waals surface area contributed by atoms with Crippen molar-refractivity contribution in [2.24, 2.45) is 0 Å². The maximum absolute atomic E-state index is 6.21. The Bertz CT molecular complexity index is 823. The second kappa shape index (κ2) is 8.84. The summed E-state index contributed by atoms with van der Waals surface area (Å²) in [6.07, 6.45) is 11.9. The normalized spacial score (nSPS) is 11.4. The van der Waals surface area contributed by atoms with E-state index in [4.69, 9.17) is 10.7 Å². The Morgan fingerprint density at radius 1 is 0.840 bits per heavy atom. The van der Waals surface area contributed by atoms with Gasteiger partial charge in [-0.05, 0) is 36.6 Å². The van der Waals surface area contributed by atoms with Crippen molar-refractivity contribution in [1.29, 1.82) is 0 Å². The maximum atomic E-state index is 6.21. The largest absolute Gasteiger partial charge is 0.398 e. The number of aryl methyl sites for hydroxylation is 1. The summed E-state index contributed by atoms with van der Waals surface area (Å²) in [5, 5.41) is 2.25. The molecule has 0 radical (unpaired) electrons. The summed E-state index contributed by atoms with van der Waals surface area (Å²) in [6, 6.07) is 14.7. The zero-order valence-corrected chi connectivity index (χ0v) is 15.4. The van der Waals surface area contributed by atoms with Crippen molar-refractivity contribution in [2.45, 2.75) is 64.7 Å². The van der Waals surface area contributed by atoms with Gasteiger partial charge in [0, 0.05) is 16.5 Å². The van der Waals surface area contributed by atoms with Gasteiger partial charge in [-0.2, -0.15) is 0 Å². The molecule has 132 valence electrons. The number of para-hydroxylation sites is 1. The first-order valence-corrected chi connectivity index (χ1v) is 9.86. The van der Waals surface area contributed by atoms with Crippen LogP contribution in [0.15, 0.2) is 42.5 Å². The van der Waals surface area contributed by atoms with Gasteiger partial charge in [0.25, 0.3) is 0 Å². The van der Waals surface area contributed by atoms with Crippen LogP contribution in [0.25, 0.3) is 21.8 Å². The molecule has 2 heteroatoms. The lowest BCUT2D eigenvalue weighted by Crippen LogP contribution is -1.95. The van der Waals surface area contributed by atoms with E-state index in [2.05, 4.69) is 37.3 Å². The van der Waals surface area contributed by atoms with Gasteiger partial charge in [0.2, 0.25) is 0 Å². The minimum absolute atomic E-state index is 0.827. The molecule has 0 amide bonds. The molecule has 2 nitrogen and oxygen atoms in total. The number of unbranched alkanes of at least 4 members (excludes halogenated alkanes) is 7. The first-order valence-electron chi connectivity index (χ1n) is 9.86. The number of anilines is 1. The van der Waals surface area contributed by atoms with E-state index in [-0.39, 0.29) is 0 Å². The number of pyridine rings is 1. The average Bonchev–Trinajstić information content (AvgIpc) is 2.64. The van der Waals surface area contributed by atoms with Crippen molar-refractivity contribution in [2.75, 3.05) is 5.73 Å². The zero-order valence-electron chi connectivity index (χ0n) is 15.4. The van der Waals surface area contributed by atoms with Gasteiger partial charge in [-0.3, -0.25) is 0 Å². The van der Waals surface area contributed by atoms with Crippen molar-refractivity contribution in [3.63, 3.8) is 0 Å². The molecule has 0 aliphatic heterocycles. The van der Waals surface area contributed by atoms with Crippen molar-refractivity contribution >= 4 is 27.5 Å². The molecule has 1 aromatic heterocycles. The number of nitrogens with zero attached hydrogens (tertiary/aromatic N) is 1. The van der Waals surface area contributed by atoms with Crippen LogP contribution in [0.2, 0.25) is 0 Å². The minimum atomic E-state index is 0.827. The highest BCUT2D eigenvalue weighted by Gasteiger charge is 2.07. The zero-order chi connectivity index (χ0) is 17.5. The summed E-state index contributed by atoms with van der Waals surface area (Å²) in [6.45, 7) is 2.27. The smallest absolute Gasteiger partial charge is 0.0762 e. The van der Waals surface area contributed by atoms with Crippen LogP contribution in [0.1, 0.15) is 63.9 Å². The van der Waals surface area contributed by atoms with Crippen LogP contribution >= 0.6 is 0 Å². The average molecular weight is 335 g/mol. The molecular formula is C23H30N2. The van der Waals surface area contributed by atoms with E-state index < -0.39 is 0 Å². The second-order valence-corrected chi connectivity index (χ2v) is 7.12. The van der Waals surface area contributed by atoms with E-state index in [1.165, 1.54) is 56.9 Å². The number of rotatable bonds is 9. The van der Waals surface area contributed by atoms with Crippen molar-refractivity contribution in [3.05, 3.63) is 48.0 Å². The van der Waals surface area contributed by atoms with Crippen molar-refractivity contribution in [3.8, 4) is 0 Å². The van der Waals surface area contributed by atoms with Gasteiger partial charge in [-0.25, -0.2) is 4.98 Å². The minimum Gasteiger partial charge on any atom is -0.398 e. The summed E-state index contributed by atoms with van der Waals surface area (Å²) < 4.78 is 0.